The number of methoxy groups -OCH3 is 2. The quantitative estimate of drug-likeness (QED) is 0.882. The summed E-state index contributed by atoms with van der Waals surface area (Å²) >= 11 is 0. The highest BCUT2D eigenvalue weighted by Crippen LogP contribution is 2.20. The average molecular weight is 287 g/mol. The van der Waals surface area contributed by atoms with Crippen LogP contribution in [-0.4, -0.2) is 35.9 Å². The van der Waals surface area contributed by atoms with Crippen molar-refractivity contribution in [3.63, 3.8) is 0 Å². The van der Waals surface area contributed by atoms with E-state index in [1.165, 1.54) is 7.11 Å². The Morgan fingerprint density at radius 1 is 1.37 bits per heavy atom. The number of aromatic nitrogens is 3. The summed E-state index contributed by atoms with van der Waals surface area (Å²) < 4.78 is 15.2. The van der Waals surface area contributed by atoms with Crippen molar-refractivity contribution in [2.45, 2.75) is 6.10 Å². The van der Waals surface area contributed by atoms with E-state index >= 15 is 0 Å². The first-order valence-corrected chi connectivity index (χ1v) is 5.35. The maximum atomic E-state index is 5.52. The Balaban J connectivity index is 0.00000180. The van der Waals surface area contributed by atoms with Crippen LogP contribution >= 0.6 is 12.4 Å². The molecule has 0 amide bonds. The smallest absolute Gasteiger partial charge is 0.257 e. The van der Waals surface area contributed by atoms with Crippen LogP contribution in [-0.2, 0) is 4.74 Å². The lowest BCUT2D eigenvalue weighted by molar-refractivity contribution is 0.0804. The van der Waals surface area contributed by atoms with Gasteiger partial charge in [-0.25, -0.2) is 4.98 Å². The van der Waals surface area contributed by atoms with Gasteiger partial charge in [0.05, 0.1) is 7.11 Å². The molecule has 0 fully saturated rings. The van der Waals surface area contributed by atoms with Crippen LogP contribution in [0.2, 0.25) is 0 Å². The van der Waals surface area contributed by atoms with Crippen LogP contribution in [0.5, 0.6) is 5.88 Å². The van der Waals surface area contributed by atoms with E-state index in [1.807, 2.05) is 0 Å². The molecule has 104 valence electrons. The molecule has 0 saturated heterocycles. The third kappa shape index (κ3) is 3.40. The van der Waals surface area contributed by atoms with Crippen LogP contribution in [0.25, 0.3) is 11.4 Å². The zero-order chi connectivity index (χ0) is 13.0. The monoisotopic (exact) mass is 286 g/mol. The van der Waals surface area contributed by atoms with Crippen LogP contribution in [0, 0.1) is 0 Å². The molecule has 0 aliphatic rings. The summed E-state index contributed by atoms with van der Waals surface area (Å²) in [6, 6.07) is 3.52. The molecule has 7 nitrogen and oxygen atoms in total. The third-order valence-corrected chi connectivity index (χ3v) is 2.42. The molecule has 19 heavy (non-hydrogen) atoms. The van der Waals surface area contributed by atoms with Crippen molar-refractivity contribution in [2.24, 2.45) is 5.73 Å². The summed E-state index contributed by atoms with van der Waals surface area (Å²) in [4.78, 5) is 8.28. The van der Waals surface area contributed by atoms with Crippen molar-refractivity contribution in [2.75, 3.05) is 20.8 Å². The van der Waals surface area contributed by atoms with Crippen LogP contribution in [0.1, 0.15) is 12.0 Å². The zero-order valence-electron chi connectivity index (χ0n) is 10.6. The minimum absolute atomic E-state index is 0. The molecule has 2 rings (SSSR count). The molecule has 2 aromatic rings. The predicted octanol–water partition coefficient (Wildman–Crippen LogP) is 1.21. The Bertz CT molecular complexity index is 499. The minimum atomic E-state index is -0.391. The second-order valence-electron chi connectivity index (χ2n) is 3.51. The lowest BCUT2D eigenvalue weighted by Gasteiger charge is -2.05. The molecule has 2 N–H and O–H groups in total. The van der Waals surface area contributed by atoms with Gasteiger partial charge in [-0.3, -0.25) is 0 Å². The minimum Gasteiger partial charge on any atom is -0.481 e. The van der Waals surface area contributed by atoms with Crippen molar-refractivity contribution >= 4 is 12.4 Å². The van der Waals surface area contributed by atoms with Gasteiger partial charge < -0.3 is 19.7 Å². The van der Waals surface area contributed by atoms with Crippen LogP contribution < -0.4 is 10.5 Å². The zero-order valence-corrected chi connectivity index (χ0v) is 11.4. The Labute approximate surface area is 116 Å². The van der Waals surface area contributed by atoms with Gasteiger partial charge in [0.1, 0.15) is 6.10 Å². The van der Waals surface area contributed by atoms with Gasteiger partial charge in [-0.2, -0.15) is 4.98 Å². The molecule has 0 radical (unpaired) electrons. The van der Waals surface area contributed by atoms with Crippen molar-refractivity contribution < 1.29 is 14.0 Å². The number of hydrogen-bond donors (Lipinski definition) is 1. The Morgan fingerprint density at radius 2 is 2.16 bits per heavy atom. The van der Waals surface area contributed by atoms with Crippen molar-refractivity contribution in [1.82, 2.24) is 15.1 Å². The average Bonchev–Trinajstić information content (AvgIpc) is 2.90. The molecule has 2 aromatic heterocycles. The second-order valence-corrected chi connectivity index (χ2v) is 3.51. The first-order valence-electron chi connectivity index (χ1n) is 5.35. The first kappa shape index (κ1) is 15.4. The fraction of sp³-hybridized carbons (Fsp3) is 0.364. The molecule has 0 aliphatic carbocycles. The molecule has 0 aliphatic heterocycles. The van der Waals surface area contributed by atoms with Gasteiger partial charge in [0.15, 0.2) is 0 Å². The highest BCUT2D eigenvalue weighted by atomic mass is 35.5. The van der Waals surface area contributed by atoms with Crippen LogP contribution in [0.4, 0.5) is 0 Å². The lowest BCUT2D eigenvalue weighted by Crippen LogP contribution is -2.14. The molecule has 0 aromatic carbocycles. The number of pyridine rings is 1. The van der Waals surface area contributed by atoms with E-state index in [0.29, 0.717) is 17.6 Å². The molecule has 1 atom stereocenters. The molecule has 2 heterocycles. The summed E-state index contributed by atoms with van der Waals surface area (Å²) in [5.41, 5.74) is 6.25. The van der Waals surface area contributed by atoms with E-state index in [2.05, 4.69) is 15.1 Å². The lowest BCUT2D eigenvalue weighted by atomic mass is 10.3. The molecule has 8 heteroatoms. The maximum Gasteiger partial charge on any atom is 0.257 e. The number of rotatable bonds is 5. The highest BCUT2D eigenvalue weighted by molar-refractivity contribution is 5.85. The molecular weight excluding hydrogens is 272 g/mol. The number of ether oxygens (including phenoxy) is 2. The highest BCUT2D eigenvalue weighted by Gasteiger charge is 2.17. The van der Waals surface area contributed by atoms with Gasteiger partial charge in [-0.15, -0.1) is 12.4 Å². The third-order valence-electron chi connectivity index (χ3n) is 2.42. The fourth-order valence-corrected chi connectivity index (χ4v) is 1.41. The van der Waals surface area contributed by atoms with Crippen molar-refractivity contribution in [3.05, 3.63) is 24.2 Å². The summed E-state index contributed by atoms with van der Waals surface area (Å²) in [7, 11) is 3.09. The number of nitrogens with two attached hydrogens (primary N) is 1. The standard InChI is InChI=1S/C11H14N4O3.ClH/c1-16-8(5-12)11-14-10(15-18-11)7-3-4-9(17-2)13-6-7;/h3-4,6,8H,5,12H2,1-2H3;1H. The maximum absolute atomic E-state index is 5.52. The van der Waals surface area contributed by atoms with Crippen molar-refractivity contribution in [3.8, 4) is 17.3 Å². The van der Waals surface area contributed by atoms with Gasteiger partial charge in [-0.05, 0) is 6.07 Å². The molecule has 0 spiro atoms. The van der Waals surface area contributed by atoms with Gasteiger partial charge in [0.2, 0.25) is 11.7 Å². The topological polar surface area (TPSA) is 96.3 Å². The van der Waals surface area contributed by atoms with Crippen molar-refractivity contribution in [1.29, 1.82) is 0 Å². The van der Waals surface area contributed by atoms with E-state index < -0.39 is 6.10 Å². The number of hydrogen-bond acceptors (Lipinski definition) is 7. The Morgan fingerprint density at radius 3 is 2.68 bits per heavy atom. The SMILES string of the molecule is COc1ccc(-c2noc(C(CN)OC)n2)cn1.Cl. The number of halogens is 1. The van der Waals surface area contributed by atoms with E-state index in [-0.39, 0.29) is 19.0 Å². The van der Waals surface area contributed by atoms with Gasteiger partial charge in [0.25, 0.3) is 5.89 Å². The molecule has 0 saturated carbocycles. The number of nitrogens with zero attached hydrogens (tertiary/aromatic N) is 3. The van der Waals surface area contributed by atoms with E-state index in [9.17, 15) is 0 Å². The van der Waals surface area contributed by atoms with Crippen LogP contribution in [0.3, 0.4) is 0 Å². The Kier molecular flexibility index (Phi) is 5.68. The molecule has 0 bridgehead atoms. The van der Waals surface area contributed by atoms with Gasteiger partial charge in [-0.1, -0.05) is 5.16 Å². The second kappa shape index (κ2) is 7.03. The van der Waals surface area contributed by atoms with E-state index in [4.69, 9.17) is 19.7 Å². The molecule has 1 unspecified atom stereocenters. The fourth-order valence-electron chi connectivity index (χ4n) is 1.41. The van der Waals surface area contributed by atoms with Gasteiger partial charge >= 0.3 is 0 Å². The van der Waals surface area contributed by atoms with Gasteiger partial charge in [0, 0.05) is 31.5 Å². The normalized spacial score (nSPS) is 11.7. The summed E-state index contributed by atoms with van der Waals surface area (Å²) in [5.74, 6) is 1.32. The Hall–Kier alpha value is -1.70. The summed E-state index contributed by atoms with van der Waals surface area (Å²) in [6.45, 7) is 0.277. The largest absolute Gasteiger partial charge is 0.481 e. The van der Waals surface area contributed by atoms with E-state index in [1.54, 1.807) is 25.4 Å². The summed E-state index contributed by atoms with van der Waals surface area (Å²) in [5, 5.41) is 3.86. The van der Waals surface area contributed by atoms with E-state index in [0.717, 1.165) is 5.56 Å². The first-order chi connectivity index (χ1) is 8.78. The summed E-state index contributed by atoms with van der Waals surface area (Å²) in [6.07, 6.45) is 1.22. The van der Waals surface area contributed by atoms with Crippen LogP contribution in [0.15, 0.2) is 22.9 Å². The predicted molar refractivity (Wildman–Crippen MR) is 70.1 cm³/mol. The molecular formula is C11H15ClN4O3.